The Morgan fingerprint density at radius 3 is 2.71 bits per heavy atom. The zero-order chi connectivity index (χ0) is 21.2. The lowest BCUT2D eigenvalue weighted by Crippen LogP contribution is -2.16. The second-order valence-corrected chi connectivity index (χ2v) is 10.5. The fraction of sp³-hybridized carbons (Fsp3) is 0.423. The summed E-state index contributed by atoms with van der Waals surface area (Å²) in [5.74, 6) is 0.962. The number of benzene rings is 2. The van der Waals surface area contributed by atoms with Crippen LogP contribution in [0.1, 0.15) is 45.8 Å². The van der Waals surface area contributed by atoms with Crippen LogP contribution in [0.15, 0.2) is 36.4 Å². The highest BCUT2D eigenvalue weighted by atomic mass is 35.5. The van der Waals surface area contributed by atoms with Crippen molar-refractivity contribution in [2.45, 2.75) is 52.0 Å². The lowest BCUT2D eigenvalue weighted by molar-refractivity contribution is 0.711. The molecule has 0 bridgehead atoms. The Bertz CT molecular complexity index is 1050. The zero-order valence-corrected chi connectivity index (χ0v) is 19.7. The van der Waals surface area contributed by atoms with Gasteiger partial charge in [-0.05, 0) is 74.4 Å². The molecular formula is C26H30ClN3S. The fourth-order valence-corrected chi connectivity index (χ4v) is 5.68. The van der Waals surface area contributed by atoms with Crippen LogP contribution in [-0.2, 0) is 25.8 Å². The van der Waals surface area contributed by atoms with Crippen LogP contribution in [0.5, 0.6) is 0 Å². The van der Waals surface area contributed by atoms with E-state index in [4.69, 9.17) is 16.6 Å². The Hall–Kier alpha value is -1.88. The summed E-state index contributed by atoms with van der Waals surface area (Å²) in [6, 6.07) is 13.0. The van der Waals surface area contributed by atoms with Gasteiger partial charge in [0.05, 0.1) is 21.4 Å². The van der Waals surface area contributed by atoms with Crippen LogP contribution in [0.25, 0.3) is 11.3 Å². The normalized spacial score (nSPS) is 16.1. The van der Waals surface area contributed by atoms with Crippen molar-refractivity contribution < 1.29 is 0 Å². The predicted molar refractivity (Wildman–Crippen MR) is 132 cm³/mol. The van der Waals surface area contributed by atoms with Gasteiger partial charge in [-0.15, -0.1) is 11.3 Å². The molecule has 0 amide bonds. The van der Waals surface area contributed by atoms with E-state index < -0.39 is 0 Å². The van der Waals surface area contributed by atoms with Gasteiger partial charge in [0, 0.05) is 17.0 Å². The SMILES string of the molecule is Cc1sc(CCC2CC2)nc1-c1ccc(CNc2c(Cl)ccc3c2CCNCC3)cc1. The first-order valence-electron chi connectivity index (χ1n) is 11.5. The number of anilines is 1. The Labute approximate surface area is 194 Å². The highest BCUT2D eigenvalue weighted by Gasteiger charge is 2.21. The third-order valence-corrected chi connectivity index (χ3v) is 7.83. The van der Waals surface area contributed by atoms with E-state index >= 15 is 0 Å². The first-order chi connectivity index (χ1) is 15.2. The van der Waals surface area contributed by atoms with Crippen molar-refractivity contribution >= 4 is 28.6 Å². The molecule has 0 saturated heterocycles. The largest absolute Gasteiger partial charge is 0.380 e. The zero-order valence-electron chi connectivity index (χ0n) is 18.1. The number of aromatic nitrogens is 1. The van der Waals surface area contributed by atoms with Crippen LogP contribution >= 0.6 is 22.9 Å². The third kappa shape index (κ3) is 4.97. The summed E-state index contributed by atoms with van der Waals surface area (Å²) in [5.41, 5.74) is 7.50. The molecule has 1 aromatic heterocycles. The van der Waals surface area contributed by atoms with Crippen molar-refractivity contribution in [3.63, 3.8) is 0 Å². The molecule has 5 rings (SSSR count). The van der Waals surface area contributed by atoms with Gasteiger partial charge in [-0.1, -0.05) is 54.8 Å². The van der Waals surface area contributed by atoms with Gasteiger partial charge in [-0.2, -0.15) is 0 Å². The predicted octanol–water partition coefficient (Wildman–Crippen LogP) is 6.41. The van der Waals surface area contributed by atoms with E-state index in [1.165, 1.54) is 51.4 Å². The number of halogens is 1. The number of fused-ring (bicyclic) bond motifs is 1. The number of thiazole rings is 1. The molecule has 31 heavy (non-hydrogen) atoms. The third-order valence-electron chi connectivity index (χ3n) is 6.48. The van der Waals surface area contributed by atoms with Crippen LogP contribution < -0.4 is 10.6 Å². The second-order valence-electron chi connectivity index (χ2n) is 8.85. The van der Waals surface area contributed by atoms with Crippen LogP contribution in [0.3, 0.4) is 0 Å². The van der Waals surface area contributed by atoms with Crippen molar-refractivity contribution in [2.24, 2.45) is 5.92 Å². The van der Waals surface area contributed by atoms with Gasteiger partial charge in [0.2, 0.25) is 0 Å². The summed E-state index contributed by atoms with van der Waals surface area (Å²) in [6.07, 6.45) is 7.35. The highest BCUT2D eigenvalue weighted by molar-refractivity contribution is 7.12. The van der Waals surface area contributed by atoms with E-state index in [-0.39, 0.29) is 0 Å². The van der Waals surface area contributed by atoms with Gasteiger partial charge in [0.25, 0.3) is 0 Å². The average Bonchev–Trinajstić information content (AvgIpc) is 3.57. The number of rotatable bonds is 7. The minimum absolute atomic E-state index is 0.770. The van der Waals surface area contributed by atoms with Crippen LogP contribution in [0.4, 0.5) is 5.69 Å². The van der Waals surface area contributed by atoms with E-state index in [1.807, 2.05) is 17.4 Å². The summed E-state index contributed by atoms with van der Waals surface area (Å²) < 4.78 is 0. The Morgan fingerprint density at radius 2 is 1.90 bits per heavy atom. The molecule has 1 aliphatic heterocycles. The maximum atomic E-state index is 6.56. The molecule has 2 aromatic carbocycles. The molecule has 1 saturated carbocycles. The molecule has 0 atom stereocenters. The summed E-state index contributed by atoms with van der Waals surface area (Å²) in [4.78, 5) is 6.27. The van der Waals surface area contributed by atoms with Crippen LogP contribution in [0, 0.1) is 12.8 Å². The molecule has 2 aliphatic rings. The quantitative estimate of drug-likeness (QED) is 0.435. The molecule has 0 radical (unpaired) electrons. The molecular weight excluding hydrogens is 422 g/mol. The van der Waals surface area contributed by atoms with E-state index in [9.17, 15) is 0 Å². The maximum Gasteiger partial charge on any atom is 0.0935 e. The van der Waals surface area contributed by atoms with Crippen molar-refractivity contribution in [1.29, 1.82) is 0 Å². The summed E-state index contributed by atoms with van der Waals surface area (Å²) in [5, 5.41) is 9.21. The molecule has 3 nitrogen and oxygen atoms in total. The number of nitrogens with zero attached hydrogens (tertiary/aromatic N) is 1. The minimum Gasteiger partial charge on any atom is -0.380 e. The number of hydrogen-bond donors (Lipinski definition) is 2. The maximum absolute atomic E-state index is 6.56. The highest BCUT2D eigenvalue weighted by Crippen LogP contribution is 2.35. The Balaban J connectivity index is 1.27. The van der Waals surface area contributed by atoms with Gasteiger partial charge < -0.3 is 10.6 Å². The van der Waals surface area contributed by atoms with Crippen molar-refractivity contribution in [2.75, 3.05) is 18.4 Å². The van der Waals surface area contributed by atoms with E-state index in [1.54, 1.807) is 0 Å². The van der Waals surface area contributed by atoms with Gasteiger partial charge in [0.1, 0.15) is 0 Å². The fourth-order valence-electron chi connectivity index (χ4n) is 4.47. The minimum atomic E-state index is 0.770. The monoisotopic (exact) mass is 451 g/mol. The average molecular weight is 452 g/mol. The van der Waals surface area contributed by atoms with Gasteiger partial charge in [0.15, 0.2) is 0 Å². The lowest BCUT2D eigenvalue weighted by atomic mass is 10.0. The number of hydrogen-bond acceptors (Lipinski definition) is 4. The van der Waals surface area contributed by atoms with Crippen molar-refractivity contribution in [3.05, 3.63) is 68.0 Å². The summed E-state index contributed by atoms with van der Waals surface area (Å²) in [7, 11) is 0. The lowest BCUT2D eigenvalue weighted by Gasteiger charge is -2.16. The molecule has 0 spiro atoms. The van der Waals surface area contributed by atoms with E-state index in [0.29, 0.717) is 0 Å². The summed E-state index contributed by atoms with van der Waals surface area (Å²) in [6.45, 7) is 5.01. The number of aryl methyl sites for hydroxylation is 2. The second kappa shape index (κ2) is 9.32. The smallest absolute Gasteiger partial charge is 0.0935 e. The molecule has 1 fully saturated rings. The van der Waals surface area contributed by atoms with Gasteiger partial charge in [-0.25, -0.2) is 4.98 Å². The van der Waals surface area contributed by atoms with Gasteiger partial charge >= 0.3 is 0 Å². The first-order valence-corrected chi connectivity index (χ1v) is 12.7. The molecule has 2 N–H and O–H groups in total. The molecule has 162 valence electrons. The van der Waals surface area contributed by atoms with Crippen LogP contribution in [0.2, 0.25) is 5.02 Å². The van der Waals surface area contributed by atoms with Crippen LogP contribution in [-0.4, -0.2) is 18.1 Å². The topological polar surface area (TPSA) is 37.0 Å². The molecule has 2 heterocycles. The van der Waals surface area contributed by atoms with Crippen molar-refractivity contribution in [1.82, 2.24) is 10.3 Å². The van der Waals surface area contributed by atoms with Gasteiger partial charge in [-0.3, -0.25) is 0 Å². The van der Waals surface area contributed by atoms with E-state index in [0.717, 1.165) is 61.2 Å². The Kier molecular flexibility index (Phi) is 6.31. The van der Waals surface area contributed by atoms with E-state index in [2.05, 4.69) is 47.9 Å². The molecule has 5 heteroatoms. The first kappa shape index (κ1) is 21.0. The molecule has 1 aliphatic carbocycles. The molecule has 0 unspecified atom stereocenters. The summed E-state index contributed by atoms with van der Waals surface area (Å²) >= 11 is 8.43. The Morgan fingerprint density at radius 1 is 1.10 bits per heavy atom. The number of nitrogens with one attached hydrogen (secondary N) is 2. The van der Waals surface area contributed by atoms with Crippen molar-refractivity contribution in [3.8, 4) is 11.3 Å². The molecule has 3 aromatic rings. The standard InChI is InChI=1S/C26H30ClN3S/c1-17-25(30-24(31-17)11-6-18-2-3-18)21-7-4-19(5-8-21)16-29-26-22-13-15-28-14-12-20(22)9-10-23(26)27/h4-5,7-10,18,28-29H,2-3,6,11-16H2,1H3.